The zero-order valence-electron chi connectivity index (χ0n) is 23.3. The van der Waals surface area contributed by atoms with Gasteiger partial charge in [-0.05, 0) is 73.3 Å². The van der Waals surface area contributed by atoms with Gasteiger partial charge in [0.1, 0.15) is 5.60 Å². The molecule has 0 aliphatic heterocycles. The van der Waals surface area contributed by atoms with Gasteiger partial charge in [0.05, 0.1) is 17.5 Å². The third-order valence-corrected chi connectivity index (χ3v) is 10.7. The quantitative estimate of drug-likeness (QED) is 0.572. The van der Waals surface area contributed by atoms with Crippen molar-refractivity contribution in [2.75, 3.05) is 6.61 Å². The van der Waals surface area contributed by atoms with Gasteiger partial charge in [-0.15, -0.1) is 0 Å². The Morgan fingerprint density at radius 3 is 2.62 bits per heavy atom. The number of hydrogen-bond donors (Lipinski definition) is 2. The molecule has 0 amide bonds. The fourth-order valence-electron chi connectivity index (χ4n) is 8.98. The van der Waals surface area contributed by atoms with Crippen LogP contribution in [0, 0.1) is 34.5 Å². The Morgan fingerprint density at radius 1 is 1.21 bits per heavy atom. The molecule has 2 fully saturated rings. The van der Waals surface area contributed by atoms with Crippen LogP contribution in [0.1, 0.15) is 58.7 Å². The van der Waals surface area contributed by atoms with Gasteiger partial charge in [-0.1, -0.05) is 50.6 Å². The van der Waals surface area contributed by atoms with Crippen molar-refractivity contribution in [1.29, 1.82) is 0 Å². The summed E-state index contributed by atoms with van der Waals surface area (Å²) in [7, 11) is 0. The molecule has 2 N–H and O–H groups in total. The lowest BCUT2D eigenvalue weighted by Gasteiger charge is -2.59. The average Bonchev–Trinajstić information content (AvgIpc) is 3.38. The number of allylic oxidation sites excluding steroid dienone is 3. The van der Waals surface area contributed by atoms with Crippen molar-refractivity contribution < 1.29 is 24.5 Å². The predicted octanol–water partition coefficient (Wildman–Crippen LogP) is 4.30. The number of aliphatic hydroxyl groups is 2. The van der Waals surface area contributed by atoms with E-state index in [2.05, 4.69) is 32.2 Å². The molecule has 6 rings (SSSR count). The first-order valence-corrected chi connectivity index (χ1v) is 14.0. The standard InChI is InChI=1S/C32H38N2O5/c1-18-11-23-25-12-19(2)32(38,28(37)17-39-20(3)35)31(25,5)15-27(36)29(23)30(4)14-21-16-34(22-9-7-6-8-10-22)33-26(21)13-24(18)30/h6-11,13,16,19,23,25,27,29,36,38H,12,14-15,17H2,1-5H3/t19-,23+,25-,27+,29+,30+,31-,32-/m1/s1. The molecule has 1 heterocycles. The molecule has 0 unspecified atom stereocenters. The lowest BCUT2D eigenvalue weighted by Crippen LogP contribution is -2.62. The Balaban J connectivity index is 1.38. The van der Waals surface area contributed by atoms with Crippen LogP contribution in [0.2, 0.25) is 0 Å². The van der Waals surface area contributed by atoms with Crippen LogP contribution in [0.15, 0.2) is 53.8 Å². The Labute approximate surface area is 229 Å². The summed E-state index contributed by atoms with van der Waals surface area (Å²) in [5.41, 5.74) is 2.70. The number of ether oxygens (including phenoxy) is 1. The summed E-state index contributed by atoms with van der Waals surface area (Å²) in [6.07, 6.45) is 7.61. The minimum absolute atomic E-state index is 0.00428. The summed E-state index contributed by atoms with van der Waals surface area (Å²) in [6.45, 7) is 9.07. The first-order chi connectivity index (χ1) is 18.4. The maximum Gasteiger partial charge on any atom is 0.303 e. The van der Waals surface area contributed by atoms with Gasteiger partial charge in [-0.3, -0.25) is 9.59 Å². The van der Waals surface area contributed by atoms with Gasteiger partial charge >= 0.3 is 5.97 Å². The van der Waals surface area contributed by atoms with E-state index in [1.807, 2.05) is 48.9 Å². The second kappa shape index (κ2) is 8.73. The van der Waals surface area contributed by atoms with Gasteiger partial charge in [0.25, 0.3) is 0 Å². The van der Waals surface area contributed by atoms with E-state index in [1.54, 1.807) is 0 Å². The summed E-state index contributed by atoms with van der Waals surface area (Å²) in [5, 5.41) is 28.8. The smallest absolute Gasteiger partial charge is 0.303 e. The lowest BCUT2D eigenvalue weighted by molar-refractivity contribution is -0.182. The summed E-state index contributed by atoms with van der Waals surface area (Å²) < 4.78 is 6.95. The number of hydrogen-bond acceptors (Lipinski definition) is 6. The van der Waals surface area contributed by atoms with E-state index in [1.165, 1.54) is 18.1 Å². The van der Waals surface area contributed by atoms with E-state index >= 15 is 0 Å². The topological polar surface area (TPSA) is 102 Å². The molecule has 0 radical (unpaired) electrons. The van der Waals surface area contributed by atoms with Crippen LogP contribution in [0.25, 0.3) is 11.8 Å². The second-order valence-electron chi connectivity index (χ2n) is 12.8. The number of aliphatic hydroxyl groups excluding tert-OH is 1. The largest absolute Gasteiger partial charge is 0.458 e. The van der Waals surface area contributed by atoms with Crippen molar-refractivity contribution in [1.82, 2.24) is 9.78 Å². The fourth-order valence-corrected chi connectivity index (χ4v) is 8.98. The first-order valence-electron chi connectivity index (χ1n) is 14.0. The molecule has 7 heteroatoms. The number of aromatic nitrogens is 2. The van der Waals surface area contributed by atoms with Crippen molar-refractivity contribution in [3.05, 3.63) is 65.0 Å². The molecule has 0 bridgehead atoms. The molecule has 0 spiro atoms. The summed E-state index contributed by atoms with van der Waals surface area (Å²) in [6, 6.07) is 10.1. The summed E-state index contributed by atoms with van der Waals surface area (Å²) >= 11 is 0. The van der Waals surface area contributed by atoms with Gasteiger partial charge in [-0.2, -0.15) is 5.10 Å². The normalized spacial score (nSPS) is 38.5. The molecule has 206 valence electrons. The highest BCUT2D eigenvalue weighted by Crippen LogP contribution is 2.68. The van der Waals surface area contributed by atoms with E-state index in [0.29, 0.717) is 12.8 Å². The third-order valence-electron chi connectivity index (χ3n) is 10.7. The molecule has 7 nitrogen and oxygen atoms in total. The Kier molecular flexibility index (Phi) is 5.87. The molecule has 2 aromatic rings. The number of ketones is 1. The van der Waals surface area contributed by atoms with Crippen LogP contribution in [-0.4, -0.2) is 50.1 Å². The van der Waals surface area contributed by atoms with Gasteiger partial charge in [0.15, 0.2) is 6.61 Å². The Bertz CT molecular complexity index is 1410. The predicted molar refractivity (Wildman–Crippen MR) is 147 cm³/mol. The van der Waals surface area contributed by atoms with E-state index in [4.69, 9.17) is 9.84 Å². The van der Waals surface area contributed by atoms with E-state index in [-0.39, 0.29) is 29.1 Å². The number of rotatable bonds is 4. The minimum atomic E-state index is -1.67. The molecule has 0 saturated heterocycles. The first kappa shape index (κ1) is 26.2. The average molecular weight is 531 g/mol. The number of nitrogens with zero attached hydrogens (tertiary/aromatic N) is 2. The van der Waals surface area contributed by atoms with E-state index in [9.17, 15) is 19.8 Å². The zero-order chi connectivity index (χ0) is 27.9. The van der Waals surface area contributed by atoms with Gasteiger partial charge in [0.2, 0.25) is 5.78 Å². The Morgan fingerprint density at radius 2 is 1.92 bits per heavy atom. The number of carbonyl (C=O) groups is 2. The molecule has 8 atom stereocenters. The summed E-state index contributed by atoms with van der Waals surface area (Å²) in [4.78, 5) is 24.8. The van der Waals surface area contributed by atoms with Crippen molar-refractivity contribution in [2.24, 2.45) is 34.5 Å². The lowest BCUT2D eigenvalue weighted by atomic mass is 9.46. The molecule has 1 aromatic carbocycles. The number of fused-ring (bicyclic) bond motifs is 6. The van der Waals surface area contributed by atoms with Crippen LogP contribution in [0.5, 0.6) is 0 Å². The van der Waals surface area contributed by atoms with Crippen molar-refractivity contribution >= 4 is 17.8 Å². The molecular formula is C32H38N2O5. The number of carbonyl (C=O) groups excluding carboxylic acids is 2. The molecule has 1 aromatic heterocycles. The Hall–Kier alpha value is -3.03. The fraction of sp³-hybridized carbons (Fsp3) is 0.531. The minimum Gasteiger partial charge on any atom is -0.458 e. The van der Waals surface area contributed by atoms with E-state index < -0.39 is 35.5 Å². The van der Waals surface area contributed by atoms with Crippen molar-refractivity contribution in [2.45, 2.75) is 65.6 Å². The van der Waals surface area contributed by atoms with Crippen LogP contribution in [0.4, 0.5) is 0 Å². The highest BCUT2D eigenvalue weighted by Gasteiger charge is 2.70. The number of benzene rings is 1. The van der Waals surface area contributed by atoms with Crippen LogP contribution >= 0.6 is 0 Å². The maximum absolute atomic E-state index is 13.4. The van der Waals surface area contributed by atoms with Crippen molar-refractivity contribution in [3.63, 3.8) is 0 Å². The molecule has 4 aliphatic rings. The highest BCUT2D eigenvalue weighted by atomic mass is 16.5. The van der Waals surface area contributed by atoms with E-state index in [0.717, 1.165) is 23.4 Å². The molecule has 39 heavy (non-hydrogen) atoms. The molecule has 2 saturated carbocycles. The second-order valence-corrected chi connectivity index (χ2v) is 12.8. The highest BCUT2D eigenvalue weighted by molar-refractivity contribution is 5.91. The summed E-state index contributed by atoms with van der Waals surface area (Å²) in [5.74, 6) is -1.38. The zero-order valence-corrected chi connectivity index (χ0v) is 23.3. The number of esters is 1. The van der Waals surface area contributed by atoms with Crippen LogP contribution in [0.3, 0.4) is 0 Å². The number of para-hydroxylation sites is 1. The maximum atomic E-state index is 13.4. The van der Waals surface area contributed by atoms with Crippen molar-refractivity contribution in [3.8, 4) is 5.69 Å². The molecular weight excluding hydrogens is 492 g/mol. The van der Waals surface area contributed by atoms with Gasteiger partial charge < -0.3 is 14.9 Å². The van der Waals surface area contributed by atoms with Gasteiger partial charge in [-0.25, -0.2) is 4.68 Å². The van der Waals surface area contributed by atoms with Gasteiger partial charge in [0, 0.05) is 29.9 Å². The van der Waals surface area contributed by atoms with Crippen LogP contribution in [-0.2, 0) is 20.7 Å². The third kappa shape index (κ3) is 3.59. The SMILES string of the molecule is CC(=O)OCC(=O)[C@]1(O)[C@H](C)C[C@@H]2[C@@H]3C=C(C)C4=Cc5nn(-c6ccccc6)cc5C[C@]4(C)[C@@H]3[C@@H](O)C[C@]21C. The molecule has 4 aliphatic carbocycles. The monoisotopic (exact) mass is 530 g/mol. The number of Topliss-reactive ketones (excluding diaryl/α,β-unsaturated/α-hetero) is 1. The van der Waals surface area contributed by atoms with Crippen LogP contribution < -0.4 is 0 Å².